The molecule has 27 heavy (non-hydrogen) atoms. The summed E-state index contributed by atoms with van der Waals surface area (Å²) >= 11 is 0. The van der Waals surface area contributed by atoms with Crippen LogP contribution in [0.3, 0.4) is 0 Å². The van der Waals surface area contributed by atoms with Gasteiger partial charge in [-0.1, -0.05) is 109 Å². The van der Waals surface area contributed by atoms with Crippen molar-refractivity contribution in [2.24, 2.45) is 0 Å². The fourth-order valence-corrected chi connectivity index (χ4v) is 7.67. The molecule has 3 rings (SSSR count). The number of rotatable bonds is 9. The van der Waals surface area contributed by atoms with Crippen LogP contribution in [0.1, 0.15) is 32.1 Å². The first-order valence-corrected chi connectivity index (χ1v) is 11.7. The molecule has 0 saturated carbocycles. The molecule has 0 saturated heterocycles. The van der Waals surface area contributed by atoms with Crippen molar-refractivity contribution >= 4 is 28.6 Å². The number of hydrogen-bond donors (Lipinski definition) is 0. The van der Waals surface area contributed by atoms with Gasteiger partial charge in [0.25, 0.3) is 0 Å². The van der Waals surface area contributed by atoms with E-state index in [0.717, 1.165) is 12.8 Å². The molecule has 0 radical (unpaired) electrons. The zero-order valence-corrected chi connectivity index (χ0v) is 16.9. The second-order valence-electron chi connectivity index (χ2n) is 6.84. The van der Waals surface area contributed by atoms with Crippen molar-refractivity contribution in [3.8, 4) is 0 Å². The topological polar surface area (TPSA) is 0 Å². The highest BCUT2D eigenvalue weighted by atomic mass is 31.2. The average Bonchev–Trinajstić information content (AvgIpc) is 2.75. The van der Waals surface area contributed by atoms with Gasteiger partial charge in [0, 0.05) is 0 Å². The molecule has 0 aromatic heterocycles. The van der Waals surface area contributed by atoms with Crippen LogP contribution in [0.5, 0.6) is 0 Å². The van der Waals surface area contributed by atoms with Crippen LogP contribution in [0.25, 0.3) is 0 Å². The van der Waals surface area contributed by atoms with Gasteiger partial charge in [0.1, 0.15) is 0 Å². The standard InChI is InChI=1S/C26H29P/c1-2-3-4-5-6-16-23-27(24-17-10-7-11-18-24,25-19-12-8-13-20-25)26-21-14-9-15-22-26/h2,7-15,17-23H,1,3-6,16H2. The Kier molecular flexibility index (Phi) is 7.31. The lowest BCUT2D eigenvalue weighted by Crippen LogP contribution is -2.26. The monoisotopic (exact) mass is 372 g/mol. The molecule has 3 aromatic rings. The first-order chi connectivity index (χ1) is 13.4. The molecule has 0 spiro atoms. The third-order valence-corrected chi connectivity index (χ3v) is 9.15. The van der Waals surface area contributed by atoms with Crippen LogP contribution in [-0.4, -0.2) is 5.80 Å². The quantitative estimate of drug-likeness (QED) is 0.248. The normalized spacial score (nSPS) is 11.1. The van der Waals surface area contributed by atoms with Crippen LogP contribution in [0.15, 0.2) is 104 Å². The highest BCUT2D eigenvalue weighted by Crippen LogP contribution is 2.44. The SMILES string of the molecule is C=CCCCCCC=P(c1ccccc1)(c1ccccc1)c1ccccc1. The minimum atomic E-state index is -1.75. The van der Waals surface area contributed by atoms with Crippen LogP contribution in [0.4, 0.5) is 0 Å². The Hall–Kier alpha value is -2.30. The van der Waals surface area contributed by atoms with Gasteiger partial charge in [0.15, 0.2) is 0 Å². The molecule has 0 atom stereocenters. The van der Waals surface area contributed by atoms with Crippen molar-refractivity contribution in [1.29, 1.82) is 0 Å². The minimum Gasteiger partial charge on any atom is -0.103 e. The summed E-state index contributed by atoms with van der Waals surface area (Å²) in [5, 5.41) is 4.32. The second-order valence-corrected chi connectivity index (χ2v) is 10.2. The summed E-state index contributed by atoms with van der Waals surface area (Å²) in [7, 11) is 0. The van der Waals surface area contributed by atoms with Gasteiger partial charge < -0.3 is 0 Å². The Morgan fingerprint density at radius 1 is 0.556 bits per heavy atom. The van der Waals surface area contributed by atoms with E-state index in [-0.39, 0.29) is 0 Å². The first-order valence-electron chi connectivity index (χ1n) is 9.89. The second kappa shape index (κ2) is 10.1. The first kappa shape index (κ1) is 19.5. The van der Waals surface area contributed by atoms with Gasteiger partial charge in [0.2, 0.25) is 0 Å². The van der Waals surface area contributed by atoms with Crippen molar-refractivity contribution in [2.45, 2.75) is 32.1 Å². The fraction of sp³-hybridized carbons (Fsp3) is 0.192. The highest BCUT2D eigenvalue weighted by molar-refractivity contribution is 7.94. The molecule has 0 aliphatic heterocycles. The Balaban J connectivity index is 2.10. The Labute approximate surface area is 164 Å². The zero-order chi connectivity index (χ0) is 18.8. The summed E-state index contributed by atoms with van der Waals surface area (Å²) in [5.74, 6) is 2.64. The number of hydrogen-bond acceptors (Lipinski definition) is 0. The van der Waals surface area contributed by atoms with Gasteiger partial charge in [-0.05, 0) is 48.5 Å². The maximum absolute atomic E-state index is 3.83. The lowest BCUT2D eigenvalue weighted by molar-refractivity contribution is 0.711. The van der Waals surface area contributed by atoms with Gasteiger partial charge >= 0.3 is 0 Å². The van der Waals surface area contributed by atoms with Gasteiger partial charge in [0.05, 0.1) is 0 Å². The molecule has 0 aliphatic carbocycles. The van der Waals surface area contributed by atoms with Crippen LogP contribution in [0.2, 0.25) is 0 Å². The third kappa shape index (κ3) is 4.71. The molecular weight excluding hydrogens is 343 g/mol. The summed E-state index contributed by atoms with van der Waals surface area (Å²) in [6, 6.07) is 33.2. The van der Waals surface area contributed by atoms with E-state index in [0.29, 0.717) is 0 Å². The lowest BCUT2D eigenvalue weighted by Gasteiger charge is -2.29. The van der Waals surface area contributed by atoms with E-state index < -0.39 is 6.89 Å². The summed E-state index contributed by atoms with van der Waals surface area (Å²) in [5.41, 5.74) is 0. The van der Waals surface area contributed by atoms with Crippen LogP contribution < -0.4 is 15.9 Å². The van der Waals surface area contributed by atoms with Gasteiger partial charge in [-0.3, -0.25) is 0 Å². The summed E-state index contributed by atoms with van der Waals surface area (Å²) < 4.78 is 0. The maximum atomic E-state index is 3.83. The van der Waals surface area contributed by atoms with E-state index in [1.165, 1.54) is 35.2 Å². The zero-order valence-electron chi connectivity index (χ0n) is 16.0. The Morgan fingerprint density at radius 3 is 1.37 bits per heavy atom. The maximum Gasteiger partial charge on any atom is -0.0163 e. The van der Waals surface area contributed by atoms with E-state index in [1.54, 1.807) is 0 Å². The van der Waals surface area contributed by atoms with E-state index in [2.05, 4.69) is 103 Å². The van der Waals surface area contributed by atoms with Gasteiger partial charge in [-0.15, -0.1) is 6.58 Å². The molecule has 138 valence electrons. The molecule has 0 amide bonds. The number of allylic oxidation sites excluding steroid dienone is 1. The van der Waals surface area contributed by atoms with Gasteiger partial charge in [-0.25, -0.2) is 0 Å². The van der Waals surface area contributed by atoms with Crippen molar-refractivity contribution in [1.82, 2.24) is 0 Å². The Bertz CT molecular complexity index is 760. The molecule has 3 aromatic carbocycles. The van der Waals surface area contributed by atoms with Crippen molar-refractivity contribution in [3.05, 3.63) is 104 Å². The third-order valence-electron chi connectivity index (χ3n) is 5.01. The smallest absolute Gasteiger partial charge is 0.0163 e. The van der Waals surface area contributed by atoms with Crippen LogP contribution in [0, 0.1) is 0 Å². The molecule has 0 bridgehead atoms. The van der Waals surface area contributed by atoms with E-state index in [1.807, 2.05) is 6.08 Å². The molecular formula is C26H29P. The molecule has 0 aliphatic rings. The molecule has 1 heteroatoms. The van der Waals surface area contributed by atoms with Crippen LogP contribution in [-0.2, 0) is 0 Å². The molecule has 0 nitrogen and oxygen atoms in total. The lowest BCUT2D eigenvalue weighted by atomic mass is 10.2. The molecule has 0 heterocycles. The minimum absolute atomic E-state index is 1.12. The summed E-state index contributed by atoms with van der Waals surface area (Å²) in [6.45, 7) is 2.08. The molecule has 0 unspecified atom stereocenters. The Morgan fingerprint density at radius 2 is 0.963 bits per heavy atom. The van der Waals surface area contributed by atoms with E-state index in [9.17, 15) is 0 Å². The fourth-order valence-electron chi connectivity index (χ4n) is 3.65. The van der Waals surface area contributed by atoms with Crippen LogP contribution >= 0.6 is 6.89 Å². The number of unbranched alkanes of at least 4 members (excludes halogenated alkanes) is 4. The highest BCUT2D eigenvalue weighted by Gasteiger charge is 2.24. The van der Waals surface area contributed by atoms with E-state index >= 15 is 0 Å². The van der Waals surface area contributed by atoms with Crippen molar-refractivity contribution < 1.29 is 0 Å². The predicted molar refractivity (Wildman–Crippen MR) is 124 cm³/mol. The predicted octanol–water partition coefficient (Wildman–Crippen LogP) is 5.92. The summed E-state index contributed by atoms with van der Waals surface area (Å²) in [4.78, 5) is 0. The molecule has 0 fully saturated rings. The van der Waals surface area contributed by atoms with Crippen molar-refractivity contribution in [3.63, 3.8) is 0 Å². The number of benzene rings is 3. The van der Waals surface area contributed by atoms with Crippen molar-refractivity contribution in [2.75, 3.05) is 0 Å². The molecule has 0 N–H and O–H groups in total. The average molecular weight is 372 g/mol. The summed E-state index contributed by atoms with van der Waals surface area (Å²) in [6.07, 6.45) is 8.03. The van der Waals surface area contributed by atoms with Gasteiger partial charge in [-0.2, -0.15) is 0 Å². The van der Waals surface area contributed by atoms with E-state index in [4.69, 9.17) is 0 Å². The largest absolute Gasteiger partial charge is 0.103 e.